The van der Waals surface area contributed by atoms with Crippen LogP contribution in [-0.4, -0.2) is 12.7 Å². The molecule has 1 N–H and O–H groups in total. The standard InChI is InChI=1S/C20H15NO4/c22-20(14-10-11-18-19(12-14)24-13-23-18)21-16-8-4-5-9-17(16)25-15-6-2-1-3-7-15/h1-12H,13H2,(H,21,22). The fourth-order valence-corrected chi connectivity index (χ4v) is 2.51. The Labute approximate surface area is 144 Å². The number of hydrogen-bond donors (Lipinski definition) is 1. The number of benzene rings is 3. The molecule has 25 heavy (non-hydrogen) atoms. The lowest BCUT2D eigenvalue weighted by molar-refractivity contribution is 0.102. The molecule has 3 aromatic carbocycles. The molecule has 0 saturated heterocycles. The Morgan fingerprint density at radius 1 is 0.880 bits per heavy atom. The van der Waals surface area contributed by atoms with E-state index >= 15 is 0 Å². The predicted octanol–water partition coefficient (Wildman–Crippen LogP) is 4.46. The van der Waals surface area contributed by atoms with Crippen molar-refractivity contribution < 1.29 is 19.0 Å². The maximum absolute atomic E-state index is 12.6. The van der Waals surface area contributed by atoms with Crippen LogP contribution in [0.1, 0.15) is 10.4 Å². The van der Waals surface area contributed by atoms with Gasteiger partial charge in [0.15, 0.2) is 17.2 Å². The van der Waals surface area contributed by atoms with Gasteiger partial charge in [-0.2, -0.15) is 0 Å². The first-order valence-corrected chi connectivity index (χ1v) is 7.82. The van der Waals surface area contributed by atoms with Crippen molar-refractivity contribution in [3.8, 4) is 23.0 Å². The number of carbonyl (C=O) groups is 1. The highest BCUT2D eigenvalue weighted by Gasteiger charge is 2.17. The number of nitrogens with one attached hydrogen (secondary N) is 1. The maximum Gasteiger partial charge on any atom is 0.255 e. The van der Waals surface area contributed by atoms with Crippen molar-refractivity contribution in [3.05, 3.63) is 78.4 Å². The summed E-state index contributed by atoms with van der Waals surface area (Å²) in [6, 6.07) is 21.8. The van der Waals surface area contributed by atoms with Crippen molar-refractivity contribution in [2.75, 3.05) is 12.1 Å². The van der Waals surface area contributed by atoms with Gasteiger partial charge in [-0.15, -0.1) is 0 Å². The third-order valence-electron chi connectivity index (χ3n) is 3.74. The fraction of sp³-hybridized carbons (Fsp3) is 0.0500. The number of carbonyl (C=O) groups excluding carboxylic acids is 1. The summed E-state index contributed by atoms with van der Waals surface area (Å²) < 4.78 is 16.4. The van der Waals surface area contributed by atoms with Crippen LogP contribution in [-0.2, 0) is 0 Å². The predicted molar refractivity (Wildman–Crippen MR) is 93.5 cm³/mol. The van der Waals surface area contributed by atoms with E-state index in [9.17, 15) is 4.79 Å². The Hall–Kier alpha value is -3.47. The third kappa shape index (κ3) is 3.26. The molecule has 0 fully saturated rings. The van der Waals surface area contributed by atoms with E-state index in [4.69, 9.17) is 14.2 Å². The molecule has 3 aromatic rings. The second-order valence-corrected chi connectivity index (χ2v) is 5.43. The second kappa shape index (κ2) is 6.57. The normalized spacial score (nSPS) is 11.8. The van der Waals surface area contributed by atoms with Crippen molar-refractivity contribution in [2.45, 2.75) is 0 Å². The van der Waals surface area contributed by atoms with E-state index in [-0.39, 0.29) is 12.7 Å². The van der Waals surface area contributed by atoms with Gasteiger partial charge in [0.1, 0.15) is 5.75 Å². The van der Waals surface area contributed by atoms with Crippen molar-refractivity contribution in [1.82, 2.24) is 0 Å². The first-order valence-electron chi connectivity index (χ1n) is 7.82. The van der Waals surface area contributed by atoms with Crippen LogP contribution in [0.15, 0.2) is 72.8 Å². The number of fused-ring (bicyclic) bond motifs is 1. The fourth-order valence-electron chi connectivity index (χ4n) is 2.51. The van der Waals surface area contributed by atoms with Crippen LogP contribution in [0.5, 0.6) is 23.0 Å². The average Bonchev–Trinajstić information content (AvgIpc) is 3.12. The lowest BCUT2D eigenvalue weighted by Crippen LogP contribution is -2.12. The molecule has 0 aromatic heterocycles. The minimum atomic E-state index is -0.248. The van der Waals surface area contributed by atoms with Crippen molar-refractivity contribution in [1.29, 1.82) is 0 Å². The lowest BCUT2D eigenvalue weighted by Gasteiger charge is -2.12. The highest BCUT2D eigenvalue weighted by Crippen LogP contribution is 2.33. The lowest BCUT2D eigenvalue weighted by atomic mass is 10.2. The first-order chi connectivity index (χ1) is 12.3. The maximum atomic E-state index is 12.6. The molecule has 0 atom stereocenters. The summed E-state index contributed by atoms with van der Waals surface area (Å²) in [4.78, 5) is 12.6. The van der Waals surface area contributed by atoms with Crippen LogP contribution in [0.2, 0.25) is 0 Å². The molecule has 0 radical (unpaired) electrons. The van der Waals surface area contributed by atoms with E-state index in [2.05, 4.69) is 5.32 Å². The van der Waals surface area contributed by atoms with E-state index in [1.54, 1.807) is 24.3 Å². The highest BCUT2D eigenvalue weighted by atomic mass is 16.7. The van der Waals surface area contributed by atoms with Gasteiger partial charge in [0.25, 0.3) is 5.91 Å². The van der Waals surface area contributed by atoms with Gasteiger partial charge in [-0.05, 0) is 42.5 Å². The number of amides is 1. The molecular weight excluding hydrogens is 318 g/mol. The van der Waals surface area contributed by atoms with E-state index in [1.807, 2.05) is 48.5 Å². The molecule has 0 saturated carbocycles. The van der Waals surface area contributed by atoms with E-state index < -0.39 is 0 Å². The molecular formula is C20H15NO4. The van der Waals surface area contributed by atoms with Crippen LogP contribution in [0, 0.1) is 0 Å². The zero-order chi connectivity index (χ0) is 17.1. The Morgan fingerprint density at radius 2 is 1.64 bits per heavy atom. The van der Waals surface area contributed by atoms with E-state index in [1.165, 1.54) is 0 Å². The molecule has 1 amide bonds. The number of anilines is 1. The monoisotopic (exact) mass is 333 g/mol. The third-order valence-corrected chi connectivity index (χ3v) is 3.74. The van der Waals surface area contributed by atoms with Crippen LogP contribution in [0.4, 0.5) is 5.69 Å². The molecule has 0 spiro atoms. The molecule has 4 rings (SSSR count). The summed E-state index contributed by atoms with van der Waals surface area (Å²) in [5.74, 6) is 2.24. The van der Waals surface area contributed by atoms with Crippen LogP contribution >= 0.6 is 0 Å². The van der Waals surface area contributed by atoms with Crippen LogP contribution in [0.3, 0.4) is 0 Å². The first kappa shape index (κ1) is 15.1. The largest absolute Gasteiger partial charge is 0.455 e. The van der Waals surface area contributed by atoms with Crippen molar-refractivity contribution in [2.24, 2.45) is 0 Å². The zero-order valence-electron chi connectivity index (χ0n) is 13.3. The van der Waals surface area contributed by atoms with Gasteiger partial charge >= 0.3 is 0 Å². The molecule has 0 unspecified atom stereocenters. The smallest absolute Gasteiger partial charge is 0.255 e. The summed E-state index contributed by atoms with van der Waals surface area (Å²) in [6.07, 6.45) is 0. The van der Waals surface area contributed by atoms with E-state index in [0.717, 1.165) is 0 Å². The highest BCUT2D eigenvalue weighted by molar-refractivity contribution is 6.05. The summed E-state index contributed by atoms with van der Waals surface area (Å²) >= 11 is 0. The molecule has 0 aliphatic carbocycles. The van der Waals surface area contributed by atoms with E-state index in [0.29, 0.717) is 34.2 Å². The number of para-hydroxylation sites is 3. The average molecular weight is 333 g/mol. The Kier molecular flexibility index (Phi) is 3.96. The number of rotatable bonds is 4. The Morgan fingerprint density at radius 3 is 2.52 bits per heavy atom. The molecule has 0 bridgehead atoms. The molecule has 5 nitrogen and oxygen atoms in total. The van der Waals surface area contributed by atoms with Gasteiger partial charge in [0.05, 0.1) is 5.69 Å². The van der Waals surface area contributed by atoms with Gasteiger partial charge in [-0.25, -0.2) is 0 Å². The van der Waals surface area contributed by atoms with Gasteiger partial charge in [0, 0.05) is 5.56 Å². The number of ether oxygens (including phenoxy) is 3. The van der Waals surface area contributed by atoms with Gasteiger partial charge in [-0.1, -0.05) is 30.3 Å². The molecule has 124 valence electrons. The Bertz CT molecular complexity index is 909. The van der Waals surface area contributed by atoms with Gasteiger partial charge < -0.3 is 19.5 Å². The second-order valence-electron chi connectivity index (χ2n) is 5.43. The van der Waals surface area contributed by atoms with Gasteiger partial charge in [0.2, 0.25) is 6.79 Å². The van der Waals surface area contributed by atoms with Crippen molar-refractivity contribution >= 4 is 11.6 Å². The molecule has 1 heterocycles. The summed E-state index contributed by atoms with van der Waals surface area (Å²) in [6.45, 7) is 0.175. The van der Waals surface area contributed by atoms with Gasteiger partial charge in [-0.3, -0.25) is 4.79 Å². The SMILES string of the molecule is O=C(Nc1ccccc1Oc1ccccc1)c1ccc2c(c1)OCO2. The minimum absolute atomic E-state index is 0.175. The summed E-state index contributed by atoms with van der Waals surface area (Å²) in [5.41, 5.74) is 1.08. The quantitative estimate of drug-likeness (QED) is 0.766. The summed E-state index contributed by atoms with van der Waals surface area (Å²) in [5, 5.41) is 2.88. The molecule has 5 heteroatoms. The van der Waals surface area contributed by atoms with Crippen LogP contribution < -0.4 is 19.5 Å². The summed E-state index contributed by atoms with van der Waals surface area (Å²) in [7, 11) is 0. The number of hydrogen-bond acceptors (Lipinski definition) is 4. The zero-order valence-corrected chi connectivity index (χ0v) is 13.3. The van der Waals surface area contributed by atoms with Crippen molar-refractivity contribution in [3.63, 3.8) is 0 Å². The Balaban J connectivity index is 1.55. The minimum Gasteiger partial charge on any atom is -0.455 e. The molecule has 1 aliphatic heterocycles. The molecule has 1 aliphatic rings. The van der Waals surface area contributed by atoms with Crippen LogP contribution in [0.25, 0.3) is 0 Å². The topological polar surface area (TPSA) is 56.8 Å².